The molecular weight excluding hydrogens is 244 g/mol. The molecule has 2 aliphatic rings. The first-order chi connectivity index (χ1) is 7.86. The predicted molar refractivity (Wildman–Crippen MR) is 69.3 cm³/mol. The van der Waals surface area contributed by atoms with Crippen molar-refractivity contribution in [3.05, 3.63) is 0 Å². The van der Waals surface area contributed by atoms with Gasteiger partial charge in [0.2, 0.25) is 0 Å². The molecular formula is C12H21ClO2S. The van der Waals surface area contributed by atoms with Crippen LogP contribution in [0.2, 0.25) is 0 Å². The van der Waals surface area contributed by atoms with Crippen LogP contribution in [0, 0.1) is 0 Å². The summed E-state index contributed by atoms with van der Waals surface area (Å²) in [6.45, 7) is 1.54. The highest BCUT2D eigenvalue weighted by Crippen LogP contribution is 2.32. The van der Waals surface area contributed by atoms with Crippen molar-refractivity contribution in [1.82, 2.24) is 0 Å². The number of ether oxygens (including phenoxy) is 2. The van der Waals surface area contributed by atoms with E-state index in [4.69, 9.17) is 21.1 Å². The third-order valence-electron chi connectivity index (χ3n) is 3.23. The quantitative estimate of drug-likeness (QED) is 0.560. The smallest absolute Gasteiger partial charge is 0.157 e. The van der Waals surface area contributed by atoms with E-state index < -0.39 is 0 Å². The lowest BCUT2D eigenvalue weighted by molar-refractivity contribution is -0.0466. The molecule has 1 aliphatic carbocycles. The van der Waals surface area contributed by atoms with Crippen molar-refractivity contribution in [1.29, 1.82) is 0 Å². The van der Waals surface area contributed by atoms with Crippen LogP contribution in [0.5, 0.6) is 0 Å². The van der Waals surface area contributed by atoms with E-state index in [-0.39, 0.29) is 6.29 Å². The topological polar surface area (TPSA) is 18.5 Å². The van der Waals surface area contributed by atoms with Gasteiger partial charge in [0.05, 0.1) is 13.2 Å². The largest absolute Gasteiger partial charge is 0.350 e. The maximum Gasteiger partial charge on any atom is 0.157 e. The molecule has 0 amide bonds. The SMILES string of the molecule is Cl[C@H]1CCCC[C@H]1SCCCC1OCCO1. The lowest BCUT2D eigenvalue weighted by Crippen LogP contribution is -2.22. The van der Waals surface area contributed by atoms with Crippen LogP contribution in [0.3, 0.4) is 0 Å². The minimum absolute atomic E-state index is 0.0683. The Labute approximate surface area is 107 Å². The van der Waals surface area contributed by atoms with Gasteiger partial charge in [0.25, 0.3) is 0 Å². The Hall–Kier alpha value is 0.560. The molecule has 0 aromatic carbocycles. The summed E-state index contributed by atoms with van der Waals surface area (Å²) in [5.74, 6) is 1.19. The van der Waals surface area contributed by atoms with Crippen LogP contribution in [0.15, 0.2) is 0 Å². The van der Waals surface area contributed by atoms with Gasteiger partial charge in [-0.05, 0) is 31.4 Å². The average Bonchev–Trinajstić information content (AvgIpc) is 2.79. The van der Waals surface area contributed by atoms with Gasteiger partial charge in [0.15, 0.2) is 6.29 Å². The van der Waals surface area contributed by atoms with Gasteiger partial charge in [-0.15, -0.1) is 11.6 Å². The first-order valence-electron chi connectivity index (χ1n) is 6.35. The average molecular weight is 265 g/mol. The number of hydrogen-bond donors (Lipinski definition) is 0. The molecule has 2 rings (SSSR count). The fourth-order valence-corrected chi connectivity index (χ4v) is 4.11. The van der Waals surface area contributed by atoms with Gasteiger partial charge in [0.1, 0.15) is 0 Å². The van der Waals surface area contributed by atoms with Crippen molar-refractivity contribution in [3.8, 4) is 0 Å². The molecule has 1 saturated heterocycles. The molecule has 1 heterocycles. The summed E-state index contributed by atoms with van der Waals surface area (Å²) in [6, 6.07) is 0. The fourth-order valence-electron chi connectivity index (χ4n) is 2.30. The minimum Gasteiger partial charge on any atom is -0.350 e. The van der Waals surface area contributed by atoms with Crippen molar-refractivity contribution >= 4 is 23.4 Å². The van der Waals surface area contributed by atoms with E-state index in [0.29, 0.717) is 10.6 Å². The van der Waals surface area contributed by atoms with Crippen molar-refractivity contribution < 1.29 is 9.47 Å². The third kappa shape index (κ3) is 4.10. The van der Waals surface area contributed by atoms with Crippen molar-refractivity contribution in [2.75, 3.05) is 19.0 Å². The Balaban J connectivity index is 1.53. The van der Waals surface area contributed by atoms with E-state index in [9.17, 15) is 0 Å². The maximum absolute atomic E-state index is 6.32. The normalized spacial score (nSPS) is 32.1. The van der Waals surface area contributed by atoms with Crippen LogP contribution in [0.1, 0.15) is 38.5 Å². The van der Waals surface area contributed by atoms with Crippen LogP contribution >= 0.6 is 23.4 Å². The lowest BCUT2D eigenvalue weighted by Gasteiger charge is -2.26. The van der Waals surface area contributed by atoms with Crippen molar-refractivity contribution in [2.24, 2.45) is 0 Å². The van der Waals surface area contributed by atoms with E-state index in [2.05, 4.69) is 0 Å². The molecule has 0 unspecified atom stereocenters. The van der Waals surface area contributed by atoms with Crippen LogP contribution in [0.25, 0.3) is 0 Å². The summed E-state index contributed by atoms with van der Waals surface area (Å²) in [5.41, 5.74) is 0. The zero-order valence-electron chi connectivity index (χ0n) is 9.70. The Bertz CT molecular complexity index is 197. The van der Waals surface area contributed by atoms with Gasteiger partial charge >= 0.3 is 0 Å². The standard InChI is InChI=1S/C12H21ClO2S/c13-10-4-1-2-5-11(10)16-9-3-6-12-14-7-8-15-12/h10-12H,1-9H2/t10-,11+/m0/s1. The number of rotatable bonds is 5. The number of halogens is 1. The summed E-state index contributed by atoms with van der Waals surface area (Å²) in [4.78, 5) is 0. The minimum atomic E-state index is 0.0683. The van der Waals surface area contributed by atoms with E-state index in [0.717, 1.165) is 19.6 Å². The molecule has 0 aromatic rings. The second-order valence-electron chi connectivity index (χ2n) is 4.52. The van der Waals surface area contributed by atoms with Crippen molar-refractivity contribution in [2.45, 2.75) is 55.4 Å². The van der Waals surface area contributed by atoms with Gasteiger partial charge in [-0.25, -0.2) is 0 Å². The van der Waals surface area contributed by atoms with Crippen LogP contribution < -0.4 is 0 Å². The Morgan fingerprint density at radius 3 is 2.62 bits per heavy atom. The highest BCUT2D eigenvalue weighted by atomic mass is 35.5. The van der Waals surface area contributed by atoms with Gasteiger partial charge in [-0.3, -0.25) is 0 Å². The first-order valence-corrected chi connectivity index (χ1v) is 7.83. The molecule has 2 nitrogen and oxygen atoms in total. The zero-order chi connectivity index (χ0) is 11.2. The molecule has 0 N–H and O–H groups in total. The Kier molecular flexibility index (Phi) is 5.77. The van der Waals surface area contributed by atoms with Gasteiger partial charge < -0.3 is 9.47 Å². The number of alkyl halides is 1. The molecule has 1 aliphatic heterocycles. The first kappa shape index (κ1) is 13.0. The molecule has 4 heteroatoms. The fraction of sp³-hybridized carbons (Fsp3) is 1.00. The van der Waals surface area contributed by atoms with Crippen LogP contribution in [-0.2, 0) is 9.47 Å². The summed E-state index contributed by atoms with van der Waals surface area (Å²) >= 11 is 8.36. The van der Waals surface area contributed by atoms with Gasteiger partial charge in [-0.2, -0.15) is 11.8 Å². The summed E-state index contributed by atoms with van der Waals surface area (Å²) in [7, 11) is 0. The summed E-state index contributed by atoms with van der Waals surface area (Å²) in [5, 5.41) is 1.08. The molecule has 16 heavy (non-hydrogen) atoms. The lowest BCUT2D eigenvalue weighted by atomic mass is 10.00. The Morgan fingerprint density at radius 1 is 1.12 bits per heavy atom. The second kappa shape index (κ2) is 7.10. The van der Waals surface area contributed by atoms with Crippen LogP contribution in [0.4, 0.5) is 0 Å². The monoisotopic (exact) mass is 264 g/mol. The molecule has 1 saturated carbocycles. The van der Waals surface area contributed by atoms with E-state index in [1.165, 1.54) is 37.9 Å². The second-order valence-corrected chi connectivity index (χ2v) is 6.43. The zero-order valence-corrected chi connectivity index (χ0v) is 11.3. The molecule has 2 fully saturated rings. The molecule has 94 valence electrons. The summed E-state index contributed by atoms with van der Waals surface area (Å²) < 4.78 is 10.8. The van der Waals surface area contributed by atoms with Crippen LogP contribution in [-0.4, -0.2) is 35.9 Å². The molecule has 0 aromatic heterocycles. The van der Waals surface area contributed by atoms with Gasteiger partial charge in [0, 0.05) is 10.6 Å². The van der Waals surface area contributed by atoms with E-state index in [1.807, 2.05) is 11.8 Å². The predicted octanol–water partition coefficient (Wildman–Crippen LogP) is 3.42. The van der Waals surface area contributed by atoms with Gasteiger partial charge in [-0.1, -0.05) is 12.8 Å². The molecule has 0 spiro atoms. The third-order valence-corrected chi connectivity index (χ3v) is 5.42. The van der Waals surface area contributed by atoms with E-state index in [1.54, 1.807) is 0 Å². The number of hydrogen-bond acceptors (Lipinski definition) is 3. The summed E-state index contributed by atoms with van der Waals surface area (Å²) in [6.07, 6.45) is 7.45. The maximum atomic E-state index is 6.32. The highest BCUT2D eigenvalue weighted by molar-refractivity contribution is 8.00. The highest BCUT2D eigenvalue weighted by Gasteiger charge is 2.23. The Morgan fingerprint density at radius 2 is 1.88 bits per heavy atom. The number of thioether (sulfide) groups is 1. The molecule has 2 atom stereocenters. The van der Waals surface area contributed by atoms with Crippen molar-refractivity contribution in [3.63, 3.8) is 0 Å². The van der Waals surface area contributed by atoms with E-state index >= 15 is 0 Å². The molecule has 0 radical (unpaired) electrons. The molecule has 0 bridgehead atoms.